The van der Waals surface area contributed by atoms with Gasteiger partial charge in [0, 0.05) is 12.1 Å². The van der Waals surface area contributed by atoms with Crippen molar-refractivity contribution in [3.05, 3.63) is 75.8 Å². The zero-order valence-corrected chi connectivity index (χ0v) is 14.4. The van der Waals surface area contributed by atoms with E-state index in [1.54, 1.807) is 12.1 Å². The maximum absolute atomic E-state index is 11.0. The van der Waals surface area contributed by atoms with E-state index in [1.807, 2.05) is 12.1 Å². The second-order valence-electron chi connectivity index (χ2n) is 8.69. The van der Waals surface area contributed by atoms with E-state index in [2.05, 4.69) is 30.3 Å². The third kappa shape index (κ3) is 2.25. The van der Waals surface area contributed by atoms with Gasteiger partial charge in [-0.05, 0) is 72.3 Å². The average Bonchev–Trinajstić information content (AvgIpc) is 2.61. The molecule has 0 radical (unpaired) electrons. The molecule has 25 heavy (non-hydrogen) atoms. The van der Waals surface area contributed by atoms with Gasteiger partial charge in [-0.15, -0.1) is 0 Å². The van der Waals surface area contributed by atoms with Crippen molar-refractivity contribution in [3.8, 4) is 0 Å². The molecule has 2 atom stereocenters. The van der Waals surface area contributed by atoms with Gasteiger partial charge >= 0.3 is 0 Å². The van der Waals surface area contributed by atoms with Crippen molar-refractivity contribution >= 4 is 5.69 Å². The summed E-state index contributed by atoms with van der Waals surface area (Å²) < 4.78 is 0. The van der Waals surface area contributed by atoms with Crippen molar-refractivity contribution in [1.29, 1.82) is 0 Å². The minimum atomic E-state index is -0.297. The van der Waals surface area contributed by atoms with Gasteiger partial charge in [0.1, 0.15) is 0 Å². The molecule has 128 valence electrons. The van der Waals surface area contributed by atoms with Crippen molar-refractivity contribution in [2.24, 2.45) is 11.8 Å². The van der Waals surface area contributed by atoms with E-state index in [9.17, 15) is 10.1 Å². The van der Waals surface area contributed by atoms with E-state index in [0.29, 0.717) is 5.41 Å². The summed E-state index contributed by atoms with van der Waals surface area (Å²) in [6.45, 7) is 0. The van der Waals surface area contributed by atoms with Gasteiger partial charge in [-0.25, -0.2) is 0 Å². The minimum Gasteiger partial charge on any atom is -0.258 e. The normalized spacial score (nSPS) is 35.7. The monoisotopic (exact) mass is 333 g/mol. The maximum atomic E-state index is 11.0. The predicted molar refractivity (Wildman–Crippen MR) is 97.6 cm³/mol. The van der Waals surface area contributed by atoms with E-state index < -0.39 is 0 Å². The first kappa shape index (κ1) is 15.1. The highest BCUT2D eigenvalue weighted by Gasteiger charge is 2.58. The van der Waals surface area contributed by atoms with Gasteiger partial charge < -0.3 is 0 Å². The molecule has 0 aliphatic heterocycles. The second kappa shape index (κ2) is 5.17. The van der Waals surface area contributed by atoms with Crippen LogP contribution in [0.25, 0.3) is 0 Å². The Labute approximate surface area is 148 Å². The third-order valence-corrected chi connectivity index (χ3v) is 7.14. The van der Waals surface area contributed by atoms with Crippen LogP contribution in [0.15, 0.2) is 54.6 Å². The summed E-state index contributed by atoms with van der Waals surface area (Å²) in [4.78, 5) is 10.7. The Bertz CT molecular complexity index is 798. The largest absolute Gasteiger partial charge is 0.269 e. The average molecular weight is 333 g/mol. The molecule has 0 saturated heterocycles. The number of hydrogen-bond acceptors (Lipinski definition) is 2. The smallest absolute Gasteiger partial charge is 0.258 e. The second-order valence-corrected chi connectivity index (χ2v) is 8.69. The number of hydrogen-bond donors (Lipinski definition) is 0. The van der Waals surface area contributed by atoms with Crippen LogP contribution in [-0.2, 0) is 10.8 Å². The van der Waals surface area contributed by atoms with Gasteiger partial charge in [0.2, 0.25) is 0 Å². The van der Waals surface area contributed by atoms with Crippen LogP contribution in [0.4, 0.5) is 5.69 Å². The molecule has 4 fully saturated rings. The van der Waals surface area contributed by atoms with E-state index in [-0.39, 0.29) is 16.0 Å². The lowest BCUT2D eigenvalue weighted by Gasteiger charge is -2.62. The zero-order chi connectivity index (χ0) is 17.1. The highest BCUT2D eigenvalue weighted by molar-refractivity contribution is 5.41. The molecule has 6 rings (SSSR count). The molecular formula is C22H23NO2. The molecule has 4 bridgehead atoms. The summed E-state index contributed by atoms with van der Waals surface area (Å²) in [7, 11) is 0. The molecule has 4 aliphatic rings. The number of nitro benzene ring substituents is 1. The van der Waals surface area contributed by atoms with E-state index in [4.69, 9.17) is 0 Å². The molecule has 0 N–H and O–H groups in total. The van der Waals surface area contributed by atoms with Gasteiger partial charge in [-0.2, -0.15) is 0 Å². The number of non-ortho nitro benzene ring substituents is 1. The Hall–Kier alpha value is -2.16. The Morgan fingerprint density at radius 3 is 1.84 bits per heavy atom. The lowest BCUT2D eigenvalue weighted by atomic mass is 9.42. The number of nitrogens with zero attached hydrogens (tertiary/aromatic N) is 1. The fraction of sp³-hybridized carbons (Fsp3) is 0.455. The topological polar surface area (TPSA) is 43.1 Å². The SMILES string of the molecule is O=[N+]([O-])c1ccc(C23C[C@@H]4C[C@H](CC(c5ccccc5)(C4)C2)C3)cc1. The molecule has 3 heteroatoms. The first-order chi connectivity index (χ1) is 12.1. The molecule has 4 saturated carbocycles. The lowest BCUT2D eigenvalue weighted by molar-refractivity contribution is -0.384. The maximum Gasteiger partial charge on any atom is 0.269 e. The first-order valence-electron chi connectivity index (χ1n) is 9.39. The Kier molecular flexibility index (Phi) is 3.13. The molecule has 3 nitrogen and oxygen atoms in total. The summed E-state index contributed by atoms with van der Waals surface area (Å²) in [6, 6.07) is 18.5. The third-order valence-electron chi connectivity index (χ3n) is 7.14. The van der Waals surface area contributed by atoms with Crippen LogP contribution in [0, 0.1) is 22.0 Å². The predicted octanol–water partition coefficient (Wildman–Crippen LogP) is 5.38. The number of benzene rings is 2. The van der Waals surface area contributed by atoms with Crippen molar-refractivity contribution in [1.82, 2.24) is 0 Å². The first-order valence-corrected chi connectivity index (χ1v) is 9.39. The van der Waals surface area contributed by atoms with Crippen molar-refractivity contribution in [3.63, 3.8) is 0 Å². The van der Waals surface area contributed by atoms with Crippen LogP contribution in [-0.4, -0.2) is 4.92 Å². The molecule has 0 amide bonds. The molecular weight excluding hydrogens is 310 g/mol. The Balaban J connectivity index is 1.57. The van der Waals surface area contributed by atoms with E-state index >= 15 is 0 Å². The summed E-state index contributed by atoms with van der Waals surface area (Å²) in [5.41, 5.74) is 3.57. The number of rotatable bonds is 3. The van der Waals surface area contributed by atoms with E-state index in [1.165, 1.54) is 49.7 Å². The molecule has 0 spiro atoms. The van der Waals surface area contributed by atoms with Crippen LogP contribution in [0.3, 0.4) is 0 Å². The fourth-order valence-electron chi connectivity index (χ4n) is 6.67. The molecule has 2 aromatic carbocycles. The van der Waals surface area contributed by atoms with Crippen molar-refractivity contribution in [2.75, 3.05) is 0 Å². The summed E-state index contributed by atoms with van der Waals surface area (Å²) >= 11 is 0. The molecule has 0 heterocycles. The standard InChI is InChI=1S/C22H23NO2/c24-23(25)20-8-6-19(7-9-20)22-13-16-10-17(14-22)12-21(11-16,15-22)18-4-2-1-3-5-18/h1-9,16-17H,10-15H2/t16-,17-,21?,22?/m1/s1. The number of nitro groups is 1. The van der Waals surface area contributed by atoms with Gasteiger partial charge in [0.15, 0.2) is 0 Å². The van der Waals surface area contributed by atoms with Crippen LogP contribution in [0.1, 0.15) is 49.7 Å². The van der Waals surface area contributed by atoms with Gasteiger partial charge in [-0.3, -0.25) is 10.1 Å². The fourth-order valence-corrected chi connectivity index (χ4v) is 6.67. The van der Waals surface area contributed by atoms with Crippen LogP contribution < -0.4 is 0 Å². The van der Waals surface area contributed by atoms with Crippen LogP contribution in [0.5, 0.6) is 0 Å². The lowest BCUT2D eigenvalue weighted by Crippen LogP contribution is -2.55. The van der Waals surface area contributed by atoms with Gasteiger partial charge in [0.05, 0.1) is 4.92 Å². The van der Waals surface area contributed by atoms with Crippen molar-refractivity contribution < 1.29 is 4.92 Å². The quantitative estimate of drug-likeness (QED) is 0.559. The van der Waals surface area contributed by atoms with Crippen molar-refractivity contribution in [2.45, 2.75) is 49.4 Å². The van der Waals surface area contributed by atoms with E-state index in [0.717, 1.165) is 11.8 Å². The minimum absolute atomic E-state index is 0.200. The highest BCUT2D eigenvalue weighted by atomic mass is 16.6. The highest BCUT2D eigenvalue weighted by Crippen LogP contribution is 2.66. The zero-order valence-electron chi connectivity index (χ0n) is 14.4. The summed E-state index contributed by atoms with van der Waals surface area (Å²) in [6.07, 6.45) is 7.74. The molecule has 2 aromatic rings. The summed E-state index contributed by atoms with van der Waals surface area (Å²) in [5, 5.41) is 11.0. The van der Waals surface area contributed by atoms with Crippen LogP contribution in [0.2, 0.25) is 0 Å². The van der Waals surface area contributed by atoms with Gasteiger partial charge in [-0.1, -0.05) is 42.5 Å². The van der Waals surface area contributed by atoms with Gasteiger partial charge in [0.25, 0.3) is 5.69 Å². The Morgan fingerprint density at radius 2 is 1.32 bits per heavy atom. The summed E-state index contributed by atoms with van der Waals surface area (Å²) in [5.74, 6) is 1.60. The molecule has 4 aliphatic carbocycles. The molecule has 0 aromatic heterocycles. The Morgan fingerprint density at radius 1 is 0.800 bits per heavy atom. The molecule has 0 unspecified atom stereocenters. The van der Waals surface area contributed by atoms with Crippen LogP contribution >= 0.6 is 0 Å².